The molecule has 0 saturated carbocycles. The molecule has 1 rings (SSSR count). The van der Waals surface area contributed by atoms with E-state index in [2.05, 4.69) is 20.2 Å². The van der Waals surface area contributed by atoms with Crippen LogP contribution in [0.1, 0.15) is 31.7 Å². The number of ether oxygens (including phenoxy) is 3. The van der Waals surface area contributed by atoms with Crippen molar-refractivity contribution in [2.75, 3.05) is 41.5 Å². The number of nitrogens with zero attached hydrogens (tertiary/aromatic N) is 1. The van der Waals surface area contributed by atoms with Gasteiger partial charge in [0.2, 0.25) is 0 Å². The van der Waals surface area contributed by atoms with E-state index in [0.717, 1.165) is 47.5 Å². The second-order valence-electron chi connectivity index (χ2n) is 6.23. The quantitative estimate of drug-likeness (QED) is 0.313. The summed E-state index contributed by atoms with van der Waals surface area (Å²) in [6.45, 7) is 4.12. The van der Waals surface area contributed by atoms with Crippen molar-refractivity contribution in [2.45, 2.75) is 32.7 Å². The minimum absolute atomic E-state index is 0. The van der Waals surface area contributed by atoms with Crippen molar-refractivity contribution < 1.29 is 40.5 Å². The number of hydrogen-bond acceptors (Lipinski definition) is 4. The van der Waals surface area contributed by atoms with Gasteiger partial charge in [-0.15, -0.1) is 0 Å². The van der Waals surface area contributed by atoms with E-state index in [0.29, 0.717) is 13.0 Å². The molecule has 0 radical (unpaired) electrons. The Labute approximate surface area is 156 Å². The molecular formula is C18H30BrNO4. The summed E-state index contributed by atoms with van der Waals surface area (Å²) in [6.07, 6.45) is 2.34. The predicted octanol–water partition coefficient (Wildman–Crippen LogP) is 0.0176. The molecule has 0 aliphatic heterocycles. The third-order valence-electron chi connectivity index (χ3n) is 3.78. The summed E-state index contributed by atoms with van der Waals surface area (Å²) < 4.78 is 16.6. The van der Waals surface area contributed by atoms with Gasteiger partial charge >= 0.3 is 5.97 Å². The maximum atomic E-state index is 11.4. The number of quaternary nitrogens is 1. The summed E-state index contributed by atoms with van der Waals surface area (Å²) in [5.41, 5.74) is 1.13. The summed E-state index contributed by atoms with van der Waals surface area (Å²) >= 11 is 0. The minimum Gasteiger partial charge on any atom is -1.00 e. The fourth-order valence-corrected chi connectivity index (χ4v) is 2.66. The van der Waals surface area contributed by atoms with Crippen molar-refractivity contribution in [3.63, 3.8) is 0 Å². The van der Waals surface area contributed by atoms with Crippen molar-refractivity contribution in [2.24, 2.45) is 0 Å². The van der Waals surface area contributed by atoms with E-state index >= 15 is 0 Å². The highest BCUT2D eigenvalue weighted by Gasteiger charge is 2.20. The van der Waals surface area contributed by atoms with Crippen LogP contribution in [0.2, 0.25) is 0 Å². The van der Waals surface area contributed by atoms with Crippen molar-refractivity contribution in [1.29, 1.82) is 0 Å². The van der Waals surface area contributed by atoms with Crippen molar-refractivity contribution in [1.82, 2.24) is 0 Å². The van der Waals surface area contributed by atoms with Gasteiger partial charge in [-0.3, -0.25) is 4.79 Å². The molecule has 1 aromatic carbocycles. The van der Waals surface area contributed by atoms with Crippen LogP contribution in [0.5, 0.6) is 11.5 Å². The first-order valence-electron chi connectivity index (χ1n) is 8.11. The smallest absolute Gasteiger partial charge is 0.305 e. The molecule has 0 amide bonds. The molecule has 0 spiro atoms. The Morgan fingerprint density at radius 3 is 2.42 bits per heavy atom. The van der Waals surface area contributed by atoms with Crippen LogP contribution in [-0.4, -0.2) is 51.9 Å². The second-order valence-corrected chi connectivity index (χ2v) is 6.23. The first-order chi connectivity index (χ1) is 10.9. The molecular weight excluding hydrogens is 374 g/mol. The Hall–Kier alpha value is -1.27. The van der Waals surface area contributed by atoms with Gasteiger partial charge in [0.25, 0.3) is 0 Å². The van der Waals surface area contributed by atoms with E-state index < -0.39 is 0 Å². The fourth-order valence-electron chi connectivity index (χ4n) is 2.66. The molecule has 0 N–H and O–H groups in total. The Bertz CT molecular complexity index is 506. The lowest BCUT2D eigenvalue weighted by molar-refractivity contribution is -0.903. The second kappa shape index (κ2) is 11.3. The van der Waals surface area contributed by atoms with E-state index in [-0.39, 0.29) is 23.0 Å². The third-order valence-corrected chi connectivity index (χ3v) is 3.78. The summed E-state index contributed by atoms with van der Waals surface area (Å²) in [5.74, 6) is 1.45. The summed E-state index contributed by atoms with van der Waals surface area (Å²) in [5, 5.41) is 0. The highest BCUT2D eigenvalue weighted by atomic mass is 79.9. The molecule has 0 saturated heterocycles. The Kier molecular flexibility index (Phi) is 10.7. The zero-order valence-electron chi connectivity index (χ0n) is 15.4. The number of hydrogen-bond donors (Lipinski definition) is 0. The van der Waals surface area contributed by atoms with Crippen LogP contribution < -0.4 is 26.5 Å². The molecule has 0 unspecified atom stereocenters. The zero-order chi connectivity index (χ0) is 17.3. The molecule has 0 fully saturated rings. The summed E-state index contributed by atoms with van der Waals surface area (Å²) in [6, 6.07) is 5.96. The van der Waals surface area contributed by atoms with E-state index in [9.17, 15) is 4.79 Å². The summed E-state index contributed by atoms with van der Waals surface area (Å²) in [7, 11) is 7.68. The lowest BCUT2D eigenvalue weighted by Gasteiger charge is -2.30. The van der Waals surface area contributed by atoms with Crippen molar-refractivity contribution >= 4 is 5.97 Å². The van der Waals surface area contributed by atoms with E-state index in [1.807, 2.05) is 19.1 Å². The SMILES string of the molecule is CCOC(=O)CCCC[N+](C)(C)Cc1cccc(OC)c1OC.[Br-]. The van der Waals surface area contributed by atoms with Crippen LogP contribution in [0.4, 0.5) is 0 Å². The van der Waals surface area contributed by atoms with Crippen LogP contribution in [-0.2, 0) is 16.1 Å². The van der Waals surface area contributed by atoms with Crippen LogP contribution in [0, 0.1) is 0 Å². The Morgan fingerprint density at radius 1 is 1.12 bits per heavy atom. The molecule has 24 heavy (non-hydrogen) atoms. The fraction of sp³-hybridized carbons (Fsp3) is 0.611. The normalized spacial score (nSPS) is 10.7. The first kappa shape index (κ1) is 22.7. The number of rotatable bonds is 10. The lowest BCUT2D eigenvalue weighted by Crippen LogP contribution is -3.00. The number of para-hydroxylation sites is 1. The average Bonchev–Trinajstić information content (AvgIpc) is 2.51. The molecule has 1 aromatic rings. The first-order valence-corrected chi connectivity index (χ1v) is 8.11. The molecule has 0 atom stereocenters. The van der Waals surface area contributed by atoms with E-state index in [1.165, 1.54) is 0 Å². The van der Waals surface area contributed by atoms with Crippen LogP contribution in [0.15, 0.2) is 18.2 Å². The number of carbonyl (C=O) groups is 1. The van der Waals surface area contributed by atoms with Crippen LogP contribution >= 0.6 is 0 Å². The monoisotopic (exact) mass is 403 g/mol. The van der Waals surface area contributed by atoms with Gasteiger partial charge < -0.3 is 35.7 Å². The van der Waals surface area contributed by atoms with Gasteiger partial charge in [-0.25, -0.2) is 0 Å². The lowest BCUT2D eigenvalue weighted by atomic mass is 10.1. The van der Waals surface area contributed by atoms with Crippen LogP contribution in [0.25, 0.3) is 0 Å². The van der Waals surface area contributed by atoms with Gasteiger partial charge in [-0.2, -0.15) is 0 Å². The van der Waals surface area contributed by atoms with E-state index in [4.69, 9.17) is 14.2 Å². The summed E-state index contributed by atoms with van der Waals surface area (Å²) in [4.78, 5) is 11.4. The molecule has 5 nitrogen and oxygen atoms in total. The number of halogens is 1. The maximum absolute atomic E-state index is 11.4. The zero-order valence-corrected chi connectivity index (χ0v) is 17.0. The molecule has 0 heterocycles. The predicted molar refractivity (Wildman–Crippen MR) is 90.7 cm³/mol. The van der Waals surface area contributed by atoms with Gasteiger partial charge in [0.15, 0.2) is 11.5 Å². The molecule has 138 valence electrons. The van der Waals surface area contributed by atoms with Gasteiger partial charge in [-0.1, -0.05) is 6.07 Å². The van der Waals surface area contributed by atoms with Gasteiger partial charge in [0.1, 0.15) is 6.54 Å². The Balaban J connectivity index is 0.00000529. The number of carbonyl (C=O) groups excluding carboxylic acids is 1. The molecule has 0 aliphatic carbocycles. The largest absolute Gasteiger partial charge is 1.00 e. The topological polar surface area (TPSA) is 44.8 Å². The maximum Gasteiger partial charge on any atom is 0.305 e. The molecule has 6 heteroatoms. The van der Waals surface area contributed by atoms with Crippen molar-refractivity contribution in [3.8, 4) is 11.5 Å². The Morgan fingerprint density at radius 2 is 1.83 bits per heavy atom. The highest BCUT2D eigenvalue weighted by molar-refractivity contribution is 5.69. The molecule has 0 aromatic heterocycles. The number of unbranched alkanes of at least 4 members (excludes halogenated alkanes) is 1. The number of esters is 1. The minimum atomic E-state index is -0.104. The molecule has 0 aliphatic rings. The van der Waals surface area contributed by atoms with E-state index in [1.54, 1.807) is 14.2 Å². The van der Waals surface area contributed by atoms with Crippen LogP contribution in [0.3, 0.4) is 0 Å². The van der Waals surface area contributed by atoms with Gasteiger partial charge in [-0.05, 0) is 31.9 Å². The van der Waals surface area contributed by atoms with Gasteiger partial charge in [0.05, 0.1) is 47.0 Å². The number of benzene rings is 1. The van der Waals surface area contributed by atoms with Crippen molar-refractivity contribution in [3.05, 3.63) is 23.8 Å². The molecule has 0 bridgehead atoms. The number of methoxy groups -OCH3 is 2. The van der Waals surface area contributed by atoms with Gasteiger partial charge in [0, 0.05) is 6.42 Å². The average molecular weight is 404 g/mol. The third kappa shape index (κ3) is 7.53. The standard InChI is InChI=1S/C18H30NO4.BrH/c1-6-23-17(20)12-7-8-13-19(2,3)14-15-10-9-11-16(21-4)18(15)22-5;/h9-11H,6-8,12-14H2,1-5H3;1H/q+1;/p-1. The highest BCUT2D eigenvalue weighted by Crippen LogP contribution is 2.32.